The van der Waals surface area contributed by atoms with E-state index < -0.39 is 25.1 Å². The minimum atomic E-state index is -0.790. The zero-order chi connectivity index (χ0) is 23.8. The van der Waals surface area contributed by atoms with E-state index in [4.69, 9.17) is 9.47 Å². The van der Waals surface area contributed by atoms with Crippen LogP contribution in [0.3, 0.4) is 0 Å². The minimum Gasteiger partial charge on any atom is -0.375 e. The Morgan fingerprint density at radius 3 is 2.67 bits per heavy atom. The van der Waals surface area contributed by atoms with E-state index >= 15 is 0 Å². The summed E-state index contributed by atoms with van der Waals surface area (Å²) in [4.78, 5) is 18.8. The van der Waals surface area contributed by atoms with E-state index in [0.29, 0.717) is 13.0 Å². The number of carbonyl (C=O) groups excluding carboxylic acids is 1. The molecule has 180 valence electrons. The summed E-state index contributed by atoms with van der Waals surface area (Å²) in [5, 5.41) is 12.6. The Morgan fingerprint density at radius 2 is 2.06 bits per heavy atom. The van der Waals surface area contributed by atoms with Crippen LogP contribution in [0, 0.1) is 0 Å². The standard InChI is InChI=1S/C25H34FN3O4/c1-17-13-21(14-24(31)33-17)29(2)12-10-23(30)28-22(15-26)25(32-3)19-8-6-18(7-9-19)20-5-4-11-27-16-20/h4-9,11,16-17,21-22,24-25,31H,10,12-15H2,1-3H3,(H,28,30)/t17-,21+,22-,24-,25-/m1/s1. The number of benzene rings is 1. The molecule has 1 saturated heterocycles. The summed E-state index contributed by atoms with van der Waals surface area (Å²) in [5.41, 5.74) is 2.78. The topological polar surface area (TPSA) is 83.9 Å². The first-order valence-electron chi connectivity index (χ1n) is 11.3. The van der Waals surface area contributed by atoms with E-state index in [9.17, 15) is 14.3 Å². The van der Waals surface area contributed by atoms with Gasteiger partial charge in [0, 0.05) is 44.9 Å². The van der Waals surface area contributed by atoms with Gasteiger partial charge >= 0.3 is 0 Å². The second kappa shape index (κ2) is 12.2. The number of hydrogen-bond donors (Lipinski definition) is 2. The molecule has 1 aliphatic heterocycles. The number of nitrogens with zero attached hydrogens (tertiary/aromatic N) is 2. The molecule has 0 bridgehead atoms. The Bertz CT molecular complexity index is 858. The Kier molecular flexibility index (Phi) is 9.31. The molecule has 1 aliphatic rings. The maximum atomic E-state index is 13.9. The number of carbonyl (C=O) groups is 1. The van der Waals surface area contributed by atoms with Gasteiger partial charge in [-0.2, -0.15) is 0 Å². The van der Waals surface area contributed by atoms with Crippen molar-refractivity contribution in [3.8, 4) is 11.1 Å². The molecule has 2 N–H and O–H groups in total. The molecule has 8 heteroatoms. The quantitative estimate of drug-likeness (QED) is 0.568. The van der Waals surface area contributed by atoms with Crippen molar-refractivity contribution < 1.29 is 23.8 Å². The summed E-state index contributed by atoms with van der Waals surface area (Å²) < 4.78 is 24.8. The van der Waals surface area contributed by atoms with Gasteiger partial charge in [-0.25, -0.2) is 4.39 Å². The molecule has 1 aromatic heterocycles. The van der Waals surface area contributed by atoms with Crippen molar-refractivity contribution in [2.45, 2.75) is 56.8 Å². The largest absolute Gasteiger partial charge is 0.375 e. The highest BCUT2D eigenvalue weighted by Gasteiger charge is 2.29. The van der Waals surface area contributed by atoms with Gasteiger partial charge in [-0.1, -0.05) is 30.3 Å². The van der Waals surface area contributed by atoms with Gasteiger partial charge in [-0.05, 0) is 43.1 Å². The Morgan fingerprint density at radius 1 is 1.30 bits per heavy atom. The molecule has 0 saturated carbocycles. The lowest BCUT2D eigenvalue weighted by molar-refractivity contribution is -0.173. The fourth-order valence-corrected chi connectivity index (χ4v) is 4.32. The van der Waals surface area contributed by atoms with Crippen LogP contribution in [0.2, 0.25) is 0 Å². The van der Waals surface area contributed by atoms with Gasteiger partial charge in [-0.15, -0.1) is 0 Å². The number of halogens is 1. The lowest BCUT2D eigenvalue weighted by atomic mass is 9.99. The maximum absolute atomic E-state index is 13.9. The molecule has 2 heterocycles. The van der Waals surface area contributed by atoms with E-state index in [-0.39, 0.29) is 24.5 Å². The highest BCUT2D eigenvalue weighted by atomic mass is 19.1. The molecule has 0 spiro atoms. The molecule has 0 unspecified atom stereocenters. The molecule has 33 heavy (non-hydrogen) atoms. The number of nitrogens with one attached hydrogen (secondary N) is 1. The number of aliphatic hydroxyl groups is 1. The second-order valence-corrected chi connectivity index (χ2v) is 8.61. The maximum Gasteiger partial charge on any atom is 0.221 e. The second-order valence-electron chi connectivity index (χ2n) is 8.61. The third kappa shape index (κ3) is 7.04. The van der Waals surface area contributed by atoms with Gasteiger partial charge < -0.3 is 24.8 Å². The zero-order valence-electron chi connectivity index (χ0n) is 19.5. The van der Waals surface area contributed by atoms with E-state index in [1.54, 1.807) is 12.4 Å². The average molecular weight is 460 g/mol. The molecule has 0 radical (unpaired) electrons. The van der Waals surface area contributed by atoms with Crippen LogP contribution in [0.15, 0.2) is 48.8 Å². The number of hydrogen-bond acceptors (Lipinski definition) is 6. The van der Waals surface area contributed by atoms with Crippen LogP contribution in [-0.2, 0) is 14.3 Å². The van der Waals surface area contributed by atoms with Crippen molar-refractivity contribution in [1.29, 1.82) is 0 Å². The molecular weight excluding hydrogens is 425 g/mol. The van der Waals surface area contributed by atoms with Crippen molar-refractivity contribution in [2.24, 2.45) is 0 Å². The smallest absolute Gasteiger partial charge is 0.221 e. The first-order chi connectivity index (χ1) is 15.9. The molecule has 5 atom stereocenters. The van der Waals surface area contributed by atoms with Crippen LogP contribution in [0.25, 0.3) is 11.1 Å². The molecule has 3 rings (SSSR count). The lowest BCUT2D eigenvalue weighted by Gasteiger charge is -2.36. The predicted molar refractivity (Wildman–Crippen MR) is 124 cm³/mol. The Hall–Kier alpha value is -2.39. The highest BCUT2D eigenvalue weighted by molar-refractivity contribution is 5.76. The van der Waals surface area contributed by atoms with E-state index in [1.807, 2.05) is 50.4 Å². The molecule has 0 aliphatic carbocycles. The van der Waals surface area contributed by atoms with E-state index in [2.05, 4.69) is 15.2 Å². The lowest BCUT2D eigenvalue weighted by Crippen LogP contribution is -2.45. The van der Waals surface area contributed by atoms with Crippen molar-refractivity contribution >= 4 is 5.91 Å². The molecular formula is C25H34FN3O4. The minimum absolute atomic E-state index is 0.0297. The summed E-state index contributed by atoms with van der Waals surface area (Å²) in [7, 11) is 3.44. The van der Waals surface area contributed by atoms with Crippen molar-refractivity contribution in [2.75, 3.05) is 27.4 Å². The fraction of sp³-hybridized carbons (Fsp3) is 0.520. The van der Waals surface area contributed by atoms with Crippen LogP contribution < -0.4 is 5.32 Å². The SMILES string of the molecule is CO[C@H](c1ccc(-c2cccnc2)cc1)[C@@H](CF)NC(=O)CCN(C)[C@H]1C[C@@H](C)O[C@@H](O)C1. The number of pyridine rings is 1. The third-order valence-electron chi connectivity index (χ3n) is 6.15. The number of methoxy groups -OCH3 is 1. The predicted octanol–water partition coefficient (Wildman–Crippen LogP) is 3.10. The number of alkyl halides is 1. The van der Waals surface area contributed by atoms with E-state index in [0.717, 1.165) is 23.1 Å². The van der Waals surface area contributed by atoms with Gasteiger partial charge in [0.05, 0.1) is 12.1 Å². The summed E-state index contributed by atoms with van der Waals surface area (Å²) in [5.74, 6) is -0.237. The molecule has 1 fully saturated rings. The van der Waals surface area contributed by atoms with Gasteiger partial charge in [0.15, 0.2) is 6.29 Å². The first kappa shape index (κ1) is 25.2. The normalized spacial score (nSPS) is 22.7. The number of ether oxygens (including phenoxy) is 2. The van der Waals surface area contributed by atoms with Gasteiger partial charge in [0.2, 0.25) is 5.91 Å². The molecule has 1 amide bonds. The van der Waals surface area contributed by atoms with Crippen LogP contribution >= 0.6 is 0 Å². The van der Waals surface area contributed by atoms with Gasteiger partial charge in [0.25, 0.3) is 0 Å². The number of aromatic nitrogens is 1. The summed E-state index contributed by atoms with van der Waals surface area (Å²) in [6.07, 6.45) is 3.62. The zero-order valence-corrected chi connectivity index (χ0v) is 19.5. The van der Waals surface area contributed by atoms with Crippen molar-refractivity contribution in [3.63, 3.8) is 0 Å². The number of amides is 1. The molecule has 7 nitrogen and oxygen atoms in total. The first-order valence-corrected chi connectivity index (χ1v) is 11.3. The molecule has 2 aromatic rings. The number of rotatable bonds is 10. The van der Waals surface area contributed by atoms with Crippen molar-refractivity contribution in [3.05, 3.63) is 54.4 Å². The van der Waals surface area contributed by atoms with Crippen LogP contribution in [0.5, 0.6) is 0 Å². The number of aliphatic hydroxyl groups excluding tert-OH is 1. The third-order valence-corrected chi connectivity index (χ3v) is 6.15. The monoisotopic (exact) mass is 459 g/mol. The summed E-state index contributed by atoms with van der Waals surface area (Å²) >= 11 is 0. The van der Waals surface area contributed by atoms with Crippen LogP contribution in [-0.4, -0.2) is 72.8 Å². The molecule has 1 aromatic carbocycles. The highest BCUT2D eigenvalue weighted by Crippen LogP contribution is 2.26. The van der Waals surface area contributed by atoms with Crippen LogP contribution in [0.1, 0.15) is 37.9 Å². The van der Waals surface area contributed by atoms with Crippen molar-refractivity contribution in [1.82, 2.24) is 15.2 Å². The Labute approximate surface area is 194 Å². The fourth-order valence-electron chi connectivity index (χ4n) is 4.32. The van der Waals surface area contributed by atoms with Gasteiger partial charge in [0.1, 0.15) is 12.8 Å². The van der Waals surface area contributed by atoms with E-state index in [1.165, 1.54) is 7.11 Å². The van der Waals surface area contributed by atoms with Crippen LogP contribution in [0.4, 0.5) is 4.39 Å². The average Bonchev–Trinajstić information content (AvgIpc) is 2.82. The summed E-state index contributed by atoms with van der Waals surface area (Å²) in [6, 6.07) is 10.8. The Balaban J connectivity index is 1.56. The van der Waals surface area contributed by atoms with Gasteiger partial charge in [-0.3, -0.25) is 9.78 Å². The summed E-state index contributed by atoms with van der Waals surface area (Å²) in [6.45, 7) is 1.69.